The van der Waals surface area contributed by atoms with Crippen molar-refractivity contribution in [3.8, 4) is 5.75 Å². The zero-order valence-electron chi connectivity index (χ0n) is 11.0. The summed E-state index contributed by atoms with van der Waals surface area (Å²) < 4.78 is 10.3. The van der Waals surface area contributed by atoms with Gasteiger partial charge in [0.05, 0.1) is 19.3 Å². The average molecular weight is 265 g/mol. The minimum Gasteiger partial charge on any atom is -0.497 e. The van der Waals surface area contributed by atoms with Crippen molar-refractivity contribution in [3.63, 3.8) is 0 Å². The van der Waals surface area contributed by atoms with Crippen LogP contribution in [0.5, 0.6) is 5.75 Å². The van der Waals surface area contributed by atoms with Gasteiger partial charge in [0.1, 0.15) is 5.75 Å². The van der Waals surface area contributed by atoms with Crippen molar-refractivity contribution in [1.82, 2.24) is 5.32 Å². The Hall–Kier alpha value is -1.59. The number of hydrogen-bond acceptors (Lipinski definition) is 4. The van der Waals surface area contributed by atoms with Gasteiger partial charge in [0.25, 0.3) is 5.91 Å². The van der Waals surface area contributed by atoms with E-state index in [2.05, 4.69) is 5.32 Å². The van der Waals surface area contributed by atoms with Crippen LogP contribution in [-0.2, 0) is 4.74 Å². The highest BCUT2D eigenvalue weighted by atomic mass is 16.5. The Morgan fingerprint density at radius 1 is 1.37 bits per heavy atom. The van der Waals surface area contributed by atoms with Crippen LogP contribution in [0.25, 0.3) is 0 Å². The lowest BCUT2D eigenvalue weighted by Crippen LogP contribution is -2.54. The third-order valence-corrected chi connectivity index (χ3v) is 3.48. The van der Waals surface area contributed by atoms with Gasteiger partial charge in [-0.1, -0.05) is 0 Å². The number of aliphatic hydroxyl groups is 1. The van der Waals surface area contributed by atoms with E-state index in [0.717, 1.165) is 0 Å². The molecule has 5 nitrogen and oxygen atoms in total. The largest absolute Gasteiger partial charge is 0.497 e. The minimum absolute atomic E-state index is 0.0712. The number of methoxy groups -OCH3 is 1. The average Bonchev–Trinajstić information content (AvgIpc) is 2.48. The molecule has 1 saturated heterocycles. The Kier molecular flexibility index (Phi) is 4.39. The van der Waals surface area contributed by atoms with Crippen molar-refractivity contribution in [1.29, 1.82) is 0 Å². The van der Waals surface area contributed by atoms with Crippen molar-refractivity contribution < 1.29 is 19.4 Å². The summed E-state index contributed by atoms with van der Waals surface area (Å²) in [6, 6.07) is 6.90. The van der Waals surface area contributed by atoms with E-state index in [1.807, 2.05) is 0 Å². The van der Waals surface area contributed by atoms with E-state index in [1.165, 1.54) is 0 Å². The standard InChI is InChI=1S/C14H19NO4/c1-18-12-4-2-11(3-5-12)13(17)15-14(10-16)6-8-19-9-7-14/h2-5,16H,6-10H2,1H3,(H,15,17). The van der Waals surface area contributed by atoms with E-state index >= 15 is 0 Å². The van der Waals surface area contributed by atoms with E-state index in [0.29, 0.717) is 37.4 Å². The molecule has 104 valence electrons. The first-order chi connectivity index (χ1) is 9.19. The van der Waals surface area contributed by atoms with Gasteiger partial charge in [-0.3, -0.25) is 4.79 Å². The summed E-state index contributed by atoms with van der Waals surface area (Å²) in [6.45, 7) is 1.05. The first-order valence-corrected chi connectivity index (χ1v) is 6.34. The van der Waals surface area contributed by atoms with Gasteiger partial charge in [0.15, 0.2) is 0 Å². The highest BCUT2D eigenvalue weighted by Crippen LogP contribution is 2.21. The second kappa shape index (κ2) is 6.04. The van der Waals surface area contributed by atoms with Gasteiger partial charge >= 0.3 is 0 Å². The molecule has 1 aromatic carbocycles. The fraction of sp³-hybridized carbons (Fsp3) is 0.500. The number of nitrogens with one attached hydrogen (secondary N) is 1. The van der Waals surface area contributed by atoms with Crippen molar-refractivity contribution >= 4 is 5.91 Å². The minimum atomic E-state index is -0.560. The third kappa shape index (κ3) is 3.24. The lowest BCUT2D eigenvalue weighted by atomic mass is 9.90. The van der Waals surface area contributed by atoms with Crippen LogP contribution >= 0.6 is 0 Å². The number of carbonyl (C=O) groups is 1. The molecule has 1 aliphatic rings. The highest BCUT2D eigenvalue weighted by Gasteiger charge is 2.33. The van der Waals surface area contributed by atoms with Crippen LogP contribution in [-0.4, -0.2) is 43.5 Å². The summed E-state index contributed by atoms with van der Waals surface area (Å²) in [5.41, 5.74) is -0.00459. The lowest BCUT2D eigenvalue weighted by Gasteiger charge is -2.36. The first kappa shape index (κ1) is 13.8. The normalized spacial score (nSPS) is 17.8. The van der Waals surface area contributed by atoms with Crippen LogP contribution in [0.4, 0.5) is 0 Å². The molecule has 2 rings (SSSR count). The maximum atomic E-state index is 12.2. The summed E-state index contributed by atoms with van der Waals surface area (Å²) in [5.74, 6) is 0.526. The van der Waals surface area contributed by atoms with E-state index in [1.54, 1.807) is 31.4 Å². The molecule has 0 saturated carbocycles. The molecule has 1 amide bonds. The second-order valence-electron chi connectivity index (χ2n) is 4.73. The summed E-state index contributed by atoms with van der Waals surface area (Å²) in [7, 11) is 1.58. The van der Waals surface area contributed by atoms with Gasteiger partial charge in [0.2, 0.25) is 0 Å². The number of carbonyl (C=O) groups excluding carboxylic acids is 1. The smallest absolute Gasteiger partial charge is 0.251 e. The fourth-order valence-corrected chi connectivity index (χ4v) is 2.14. The fourth-order valence-electron chi connectivity index (χ4n) is 2.14. The Balaban J connectivity index is 2.06. The highest BCUT2D eigenvalue weighted by molar-refractivity contribution is 5.94. The summed E-state index contributed by atoms with van der Waals surface area (Å²) in [5, 5.41) is 12.5. The van der Waals surface area contributed by atoms with Gasteiger partial charge < -0.3 is 19.9 Å². The van der Waals surface area contributed by atoms with Gasteiger partial charge in [0, 0.05) is 18.8 Å². The molecule has 0 spiro atoms. The van der Waals surface area contributed by atoms with Gasteiger partial charge in [-0.2, -0.15) is 0 Å². The van der Waals surface area contributed by atoms with Crippen molar-refractivity contribution in [2.24, 2.45) is 0 Å². The molecule has 0 atom stereocenters. The topological polar surface area (TPSA) is 67.8 Å². The number of benzene rings is 1. The Labute approximate surface area is 112 Å². The maximum Gasteiger partial charge on any atom is 0.251 e. The van der Waals surface area contributed by atoms with Crippen LogP contribution in [0.2, 0.25) is 0 Å². The molecule has 1 aliphatic heterocycles. The number of amides is 1. The first-order valence-electron chi connectivity index (χ1n) is 6.34. The SMILES string of the molecule is COc1ccc(C(=O)NC2(CO)CCOCC2)cc1. The molecule has 2 N–H and O–H groups in total. The Morgan fingerprint density at radius 3 is 2.53 bits per heavy atom. The number of hydrogen-bond donors (Lipinski definition) is 2. The maximum absolute atomic E-state index is 12.2. The van der Waals surface area contributed by atoms with Crippen LogP contribution < -0.4 is 10.1 Å². The molecule has 1 fully saturated rings. The zero-order chi connectivity index (χ0) is 13.7. The molecule has 1 heterocycles. The van der Waals surface area contributed by atoms with E-state index < -0.39 is 5.54 Å². The number of rotatable bonds is 4. The number of aliphatic hydroxyl groups excluding tert-OH is 1. The third-order valence-electron chi connectivity index (χ3n) is 3.48. The lowest BCUT2D eigenvalue weighted by molar-refractivity contribution is 0.0125. The monoisotopic (exact) mass is 265 g/mol. The molecule has 1 aromatic rings. The summed E-state index contributed by atoms with van der Waals surface area (Å²) in [6.07, 6.45) is 1.26. The number of ether oxygens (including phenoxy) is 2. The molecular weight excluding hydrogens is 246 g/mol. The molecule has 0 aromatic heterocycles. The van der Waals surface area contributed by atoms with Crippen molar-refractivity contribution in [2.45, 2.75) is 18.4 Å². The van der Waals surface area contributed by atoms with E-state index in [-0.39, 0.29) is 12.5 Å². The summed E-state index contributed by atoms with van der Waals surface area (Å²) in [4.78, 5) is 12.2. The molecule has 0 aliphatic carbocycles. The summed E-state index contributed by atoms with van der Waals surface area (Å²) >= 11 is 0. The van der Waals surface area contributed by atoms with Crippen molar-refractivity contribution in [3.05, 3.63) is 29.8 Å². The predicted molar refractivity (Wildman–Crippen MR) is 70.3 cm³/mol. The predicted octanol–water partition coefficient (Wildman–Crippen LogP) is 0.966. The van der Waals surface area contributed by atoms with E-state index in [9.17, 15) is 9.90 Å². The molecule has 0 radical (unpaired) electrons. The molecule has 0 bridgehead atoms. The quantitative estimate of drug-likeness (QED) is 0.851. The second-order valence-corrected chi connectivity index (χ2v) is 4.73. The van der Waals surface area contributed by atoms with Crippen LogP contribution in [0.15, 0.2) is 24.3 Å². The van der Waals surface area contributed by atoms with Crippen molar-refractivity contribution in [2.75, 3.05) is 26.9 Å². The molecule has 5 heteroatoms. The van der Waals surface area contributed by atoms with Gasteiger partial charge in [-0.05, 0) is 37.1 Å². The van der Waals surface area contributed by atoms with Gasteiger partial charge in [-0.25, -0.2) is 0 Å². The van der Waals surface area contributed by atoms with Crippen LogP contribution in [0.1, 0.15) is 23.2 Å². The van der Waals surface area contributed by atoms with Crippen LogP contribution in [0.3, 0.4) is 0 Å². The zero-order valence-corrected chi connectivity index (χ0v) is 11.0. The van der Waals surface area contributed by atoms with E-state index in [4.69, 9.17) is 9.47 Å². The van der Waals surface area contributed by atoms with Crippen LogP contribution in [0, 0.1) is 0 Å². The Bertz CT molecular complexity index is 424. The van der Waals surface area contributed by atoms with Gasteiger partial charge in [-0.15, -0.1) is 0 Å². The molecule has 0 unspecified atom stereocenters. The molecule has 19 heavy (non-hydrogen) atoms. The Morgan fingerprint density at radius 2 is 2.00 bits per heavy atom. The molecular formula is C14H19NO4.